The Morgan fingerprint density at radius 1 is 0.733 bits per heavy atom. The van der Waals surface area contributed by atoms with E-state index < -0.39 is 131 Å². The molecule has 0 radical (unpaired) electrons. The van der Waals surface area contributed by atoms with Gasteiger partial charge in [0.05, 0.1) is 44.3 Å². The van der Waals surface area contributed by atoms with Crippen LogP contribution < -0.4 is 9.47 Å². The van der Waals surface area contributed by atoms with Crippen molar-refractivity contribution >= 4 is 94.5 Å². The third kappa shape index (κ3) is 23.5. The van der Waals surface area contributed by atoms with Crippen LogP contribution in [0, 0.1) is 5.92 Å². The highest BCUT2D eigenvalue weighted by atomic mass is 32.2. The van der Waals surface area contributed by atoms with Crippen molar-refractivity contribution in [2.75, 3.05) is 62.7 Å². The zero-order valence-electron chi connectivity index (χ0n) is 47.1. The molecule has 2 heterocycles. The van der Waals surface area contributed by atoms with Crippen LogP contribution >= 0.6 is 35.3 Å². The molecule has 6 N–H and O–H groups in total. The fourth-order valence-corrected chi connectivity index (χ4v) is 10.1. The van der Waals surface area contributed by atoms with Crippen LogP contribution in [-0.2, 0) is 76.3 Å². The van der Waals surface area contributed by atoms with Crippen LogP contribution in [0.3, 0.4) is 0 Å². The number of H-pyrrole nitrogens is 1. The number of nitrogens with zero attached hydrogens (tertiary/aromatic N) is 5. The Balaban J connectivity index is 0.000000444. The smallest absolute Gasteiger partial charge is 0.416 e. The molecule has 1 saturated heterocycles. The van der Waals surface area contributed by atoms with Gasteiger partial charge in [-0.3, -0.25) is 39.6 Å². The van der Waals surface area contributed by atoms with E-state index in [2.05, 4.69) is 9.97 Å². The second-order valence-corrected chi connectivity index (χ2v) is 20.8. The van der Waals surface area contributed by atoms with Crippen molar-refractivity contribution in [1.29, 1.82) is 0 Å². The number of thioether (sulfide) groups is 3. The lowest BCUT2D eigenvalue weighted by atomic mass is 10.1. The van der Waals surface area contributed by atoms with Gasteiger partial charge in [0, 0.05) is 66.8 Å². The number of hydroxylamine groups is 6. The number of carboxylic acids is 2. The number of carbonyl (C=O) groups excluding carboxylic acids is 8. The maximum absolute atomic E-state index is 12.9. The molecule has 2 aromatic carbocycles. The SMILES string of the molecule is CCC(=O)N(O)C(CSCC(=O)C(=O)O)C(=O)OCc1cc(C(F)(F)F)cc(C(F)(F)F)c1.CCOC(=O)C(CSCC(C)C(=O)N1CCCC1C(=O)O)N(O)C(C)=O.CCOC(=O)C(CSc1ncc[nH]1)N(O)C(=O)c1ccc(OC)c(OC)c1. The van der Waals surface area contributed by atoms with Crippen molar-refractivity contribution in [2.45, 2.75) is 102 Å². The Morgan fingerprint density at radius 3 is 1.77 bits per heavy atom. The minimum atomic E-state index is -5.12. The molecule has 35 heteroatoms. The first-order valence-corrected chi connectivity index (χ1v) is 28.7. The number of amides is 4. The monoisotopic (exact) mass is 1290 g/mol. The van der Waals surface area contributed by atoms with Gasteiger partial charge in [-0.05, 0) is 68.7 Å². The van der Waals surface area contributed by atoms with Gasteiger partial charge >= 0.3 is 42.2 Å². The first-order chi connectivity index (χ1) is 40.3. The van der Waals surface area contributed by atoms with Crippen molar-refractivity contribution in [1.82, 2.24) is 30.1 Å². The molecule has 5 unspecified atom stereocenters. The maximum Gasteiger partial charge on any atom is 0.416 e. The second-order valence-electron chi connectivity index (χ2n) is 17.7. The molecule has 5 atom stereocenters. The van der Waals surface area contributed by atoms with E-state index >= 15 is 0 Å². The number of nitrogens with one attached hydrogen (secondary N) is 1. The Hall–Kier alpha value is -7.34. The molecule has 26 nitrogen and oxygen atoms in total. The standard InChI is InChI=1S/C18H17F6NO7S.C17H21N3O6S.C16H26N2O7S/c1-2-14(27)25(31)12(7-33-8-13(26)15(28)29)16(30)32-6-9-3-10(17(19,20)21)5-11(4-9)18(22,23)24;1-4-26-16(22)12(10-27-17-18-7-8-19-17)20(23)15(21)11-5-6-13(24-2)14(9-11)25-3;1-4-25-16(23)13(18(24)11(3)19)9-26-8-10(2)14(20)17-7-5-6-12(17)15(21)22/h3-5,12,31H,2,6-8H2,1H3,(H,28,29);5-9,12,23H,4,10H2,1-3H3,(H,18,19);10,12-13,24H,4-9H2,1-3H3,(H,21,22). The highest BCUT2D eigenvalue weighted by molar-refractivity contribution is 8.00. The summed E-state index contributed by atoms with van der Waals surface area (Å²) < 4.78 is 102. The highest BCUT2D eigenvalue weighted by Gasteiger charge is 2.39. The summed E-state index contributed by atoms with van der Waals surface area (Å²) in [6.45, 7) is 7.00. The molecule has 1 aromatic heterocycles. The van der Waals surface area contributed by atoms with Crippen molar-refractivity contribution in [2.24, 2.45) is 5.92 Å². The predicted octanol–water partition coefficient (Wildman–Crippen LogP) is 5.73. The number of likely N-dealkylation sites (tertiary alicyclic amines) is 1. The van der Waals surface area contributed by atoms with E-state index in [-0.39, 0.29) is 53.7 Å². The van der Waals surface area contributed by atoms with E-state index in [4.69, 9.17) is 28.8 Å². The first kappa shape index (κ1) is 74.8. The van der Waals surface area contributed by atoms with Crippen molar-refractivity contribution in [3.63, 3.8) is 0 Å². The van der Waals surface area contributed by atoms with Crippen LogP contribution in [0.15, 0.2) is 53.9 Å². The van der Waals surface area contributed by atoms with Gasteiger partial charge < -0.3 is 43.8 Å². The van der Waals surface area contributed by atoms with Gasteiger partial charge in [-0.25, -0.2) is 44.1 Å². The Kier molecular flexibility index (Phi) is 31.3. The Bertz CT molecular complexity index is 2770. The minimum Gasteiger partial charge on any atom is -0.493 e. The number of alkyl halides is 6. The molecule has 0 spiro atoms. The van der Waals surface area contributed by atoms with E-state index in [0.29, 0.717) is 75.8 Å². The summed E-state index contributed by atoms with van der Waals surface area (Å²) in [5, 5.41) is 49.0. The normalized spacial score (nSPS) is 14.2. The van der Waals surface area contributed by atoms with Gasteiger partial charge in [0.15, 0.2) is 34.8 Å². The molecule has 1 aliphatic rings. The number of aliphatic carboxylic acids is 2. The van der Waals surface area contributed by atoms with Crippen LogP contribution in [0.4, 0.5) is 26.3 Å². The number of esters is 3. The van der Waals surface area contributed by atoms with Gasteiger partial charge in [-0.2, -0.15) is 49.9 Å². The fraction of sp³-hybridized carbons (Fsp3) is 0.510. The molecule has 478 valence electrons. The quantitative estimate of drug-likeness (QED) is 0.00960. The summed E-state index contributed by atoms with van der Waals surface area (Å²) in [4.78, 5) is 126. The Morgan fingerprint density at radius 2 is 1.28 bits per heavy atom. The number of Topliss-reactive ketones (excluding diaryl/α,β-unsaturated/α-hetero) is 1. The van der Waals surface area contributed by atoms with E-state index in [1.165, 1.54) is 67.8 Å². The zero-order chi connectivity index (χ0) is 65.2. The van der Waals surface area contributed by atoms with Gasteiger partial charge in [0.25, 0.3) is 5.91 Å². The van der Waals surface area contributed by atoms with E-state index in [1.54, 1.807) is 33.2 Å². The van der Waals surface area contributed by atoms with Crippen molar-refractivity contribution in [3.05, 3.63) is 71.0 Å². The van der Waals surface area contributed by atoms with Gasteiger partial charge in [-0.15, -0.1) is 0 Å². The number of aromatic amines is 1. The average molecular weight is 1290 g/mol. The number of methoxy groups -OCH3 is 2. The molecule has 4 amide bonds. The molecular weight excluding hydrogens is 1230 g/mol. The lowest BCUT2D eigenvalue weighted by molar-refractivity contribution is -0.186. The van der Waals surface area contributed by atoms with Crippen LogP contribution in [0.5, 0.6) is 11.5 Å². The average Bonchev–Trinajstić information content (AvgIpc) is 3.51. The van der Waals surface area contributed by atoms with E-state index in [0.717, 1.165) is 6.92 Å². The molecule has 1 aliphatic heterocycles. The minimum absolute atomic E-state index is 0.0574. The molecule has 0 aliphatic carbocycles. The lowest BCUT2D eigenvalue weighted by Gasteiger charge is -2.26. The number of carbonyl (C=O) groups is 10. The summed E-state index contributed by atoms with van der Waals surface area (Å²) in [6.07, 6.45) is -6.23. The molecule has 86 heavy (non-hydrogen) atoms. The number of aromatic nitrogens is 2. The molecule has 0 bridgehead atoms. The number of halogens is 6. The van der Waals surface area contributed by atoms with Crippen LogP contribution in [0.2, 0.25) is 0 Å². The summed E-state index contributed by atoms with van der Waals surface area (Å²) in [7, 11) is 2.91. The number of hydrogen-bond acceptors (Lipinski definition) is 22. The fourth-order valence-electron chi connectivity index (χ4n) is 7.15. The van der Waals surface area contributed by atoms with E-state index in [1.807, 2.05) is 0 Å². The van der Waals surface area contributed by atoms with Crippen LogP contribution in [0.1, 0.15) is 80.9 Å². The number of ether oxygens (including phenoxy) is 5. The molecular formula is C51H64F6N6O20S3. The second kappa shape index (κ2) is 36.0. The predicted molar refractivity (Wildman–Crippen MR) is 290 cm³/mol. The molecule has 4 rings (SSSR count). The van der Waals surface area contributed by atoms with Crippen molar-refractivity contribution in [3.8, 4) is 11.5 Å². The van der Waals surface area contributed by atoms with Crippen LogP contribution in [-0.4, -0.2) is 202 Å². The first-order valence-electron chi connectivity index (χ1n) is 25.4. The summed E-state index contributed by atoms with van der Waals surface area (Å²) in [5.41, 5.74) is -3.79. The number of hydrogen-bond donors (Lipinski definition) is 6. The van der Waals surface area contributed by atoms with Gasteiger partial charge in [0.1, 0.15) is 12.6 Å². The summed E-state index contributed by atoms with van der Waals surface area (Å²) >= 11 is 2.93. The zero-order valence-corrected chi connectivity index (χ0v) is 49.5. The van der Waals surface area contributed by atoms with Gasteiger partial charge in [0.2, 0.25) is 23.5 Å². The summed E-state index contributed by atoms with van der Waals surface area (Å²) in [5.74, 6) is -9.97. The number of carboxylic acid groups (broad SMARTS) is 2. The topological polar surface area (TPSA) is 360 Å². The number of imidazole rings is 1. The van der Waals surface area contributed by atoms with Gasteiger partial charge in [-0.1, -0.05) is 25.6 Å². The van der Waals surface area contributed by atoms with E-state index in [9.17, 15) is 95.0 Å². The molecule has 0 saturated carbocycles. The number of benzene rings is 2. The molecule has 1 fully saturated rings. The Labute approximate surface area is 500 Å². The number of rotatable bonds is 28. The van der Waals surface area contributed by atoms with Crippen LogP contribution in [0.25, 0.3) is 0 Å². The third-order valence-corrected chi connectivity index (χ3v) is 14.8. The highest BCUT2D eigenvalue weighted by Crippen LogP contribution is 2.37. The number of ketones is 1. The maximum atomic E-state index is 12.9. The van der Waals surface area contributed by atoms with Crippen molar-refractivity contribution < 1.29 is 124 Å². The summed E-state index contributed by atoms with van der Waals surface area (Å²) in [6, 6.07) is 0.0402. The lowest BCUT2D eigenvalue weighted by Crippen LogP contribution is -2.45. The molecule has 3 aromatic rings. The third-order valence-electron chi connectivity index (χ3n) is 11.5. The largest absolute Gasteiger partial charge is 0.493 e.